The van der Waals surface area contributed by atoms with Crippen molar-refractivity contribution in [3.8, 4) is 0 Å². The Hall–Kier alpha value is -1.55. The summed E-state index contributed by atoms with van der Waals surface area (Å²) >= 11 is 0. The Labute approximate surface area is 114 Å². The van der Waals surface area contributed by atoms with Crippen molar-refractivity contribution in [3.05, 3.63) is 35.4 Å². The van der Waals surface area contributed by atoms with Crippen molar-refractivity contribution >= 4 is 6.03 Å². The normalized spacial score (nSPS) is 21.3. The molecule has 3 N–H and O–H groups in total. The van der Waals surface area contributed by atoms with E-state index < -0.39 is 6.10 Å². The molecule has 1 aromatic carbocycles. The monoisotopic (exact) mass is 262 g/mol. The fraction of sp³-hybridized carbons (Fsp3) is 0.533. The first-order valence-electron chi connectivity index (χ1n) is 6.88. The third kappa shape index (κ3) is 3.47. The molecule has 2 amide bonds. The second kappa shape index (κ2) is 6.06. The predicted molar refractivity (Wildman–Crippen MR) is 74.9 cm³/mol. The highest BCUT2D eigenvalue weighted by atomic mass is 16.3. The molecule has 1 aliphatic rings. The van der Waals surface area contributed by atoms with Crippen LogP contribution in [0.2, 0.25) is 0 Å². The lowest BCUT2D eigenvalue weighted by molar-refractivity contribution is 0.142. The molecule has 0 radical (unpaired) electrons. The summed E-state index contributed by atoms with van der Waals surface area (Å²) in [6, 6.07) is 7.34. The van der Waals surface area contributed by atoms with Crippen LogP contribution in [0.4, 0.5) is 4.79 Å². The Morgan fingerprint density at radius 3 is 2.89 bits per heavy atom. The van der Waals surface area contributed by atoms with Crippen LogP contribution in [-0.4, -0.2) is 23.8 Å². The summed E-state index contributed by atoms with van der Waals surface area (Å²) in [5, 5.41) is 15.7. The molecule has 0 aromatic heterocycles. The van der Waals surface area contributed by atoms with Gasteiger partial charge in [-0.15, -0.1) is 0 Å². The minimum absolute atomic E-state index is 0.207. The van der Waals surface area contributed by atoms with Gasteiger partial charge >= 0.3 is 6.03 Å². The van der Waals surface area contributed by atoms with Gasteiger partial charge in [0.05, 0.1) is 12.1 Å². The molecule has 0 aliphatic heterocycles. The molecule has 0 spiro atoms. The largest absolute Gasteiger partial charge is 0.390 e. The van der Waals surface area contributed by atoms with E-state index in [1.807, 2.05) is 24.3 Å². The lowest BCUT2D eigenvalue weighted by Gasteiger charge is -2.18. The second-order valence-electron chi connectivity index (χ2n) is 5.53. The van der Waals surface area contributed by atoms with Crippen LogP contribution in [0.25, 0.3) is 0 Å². The zero-order chi connectivity index (χ0) is 13.8. The van der Waals surface area contributed by atoms with Crippen LogP contribution in [-0.2, 0) is 6.42 Å². The summed E-state index contributed by atoms with van der Waals surface area (Å²) in [5.41, 5.74) is 2.14. The number of amides is 2. The molecule has 2 atom stereocenters. The fourth-order valence-corrected chi connectivity index (χ4v) is 2.41. The van der Waals surface area contributed by atoms with E-state index in [0.717, 1.165) is 17.5 Å². The van der Waals surface area contributed by atoms with Crippen molar-refractivity contribution in [3.63, 3.8) is 0 Å². The number of carbonyl (C=O) groups excluding carboxylic acids is 1. The lowest BCUT2D eigenvalue weighted by atomic mass is 10.1. The molecule has 0 heterocycles. The highest BCUT2D eigenvalue weighted by Crippen LogP contribution is 2.30. The van der Waals surface area contributed by atoms with Crippen LogP contribution < -0.4 is 10.6 Å². The van der Waals surface area contributed by atoms with E-state index in [0.29, 0.717) is 18.9 Å². The molecule has 1 aromatic rings. The highest BCUT2D eigenvalue weighted by Gasteiger charge is 2.31. The first-order chi connectivity index (χ1) is 9.08. The summed E-state index contributed by atoms with van der Waals surface area (Å²) in [4.78, 5) is 11.8. The quantitative estimate of drug-likeness (QED) is 0.777. The third-order valence-corrected chi connectivity index (χ3v) is 3.50. The van der Waals surface area contributed by atoms with Crippen molar-refractivity contribution in [2.45, 2.75) is 38.8 Å². The zero-order valence-electron chi connectivity index (χ0n) is 11.5. The topological polar surface area (TPSA) is 61.4 Å². The molecule has 2 rings (SSSR count). The Morgan fingerprint density at radius 2 is 2.16 bits per heavy atom. The molecule has 4 heteroatoms. The fourth-order valence-electron chi connectivity index (χ4n) is 2.41. The van der Waals surface area contributed by atoms with E-state index in [1.54, 1.807) is 0 Å². The number of hydrogen-bond donors (Lipinski definition) is 3. The van der Waals surface area contributed by atoms with Crippen LogP contribution in [0.15, 0.2) is 24.3 Å². The maximum absolute atomic E-state index is 11.8. The smallest absolute Gasteiger partial charge is 0.315 e. The molecule has 104 valence electrons. The Kier molecular flexibility index (Phi) is 4.43. The average Bonchev–Trinajstić information content (AvgIpc) is 2.66. The SMILES string of the molecule is CC(C)CCNC(=O)NC1c2ccccc2CC1O. The van der Waals surface area contributed by atoms with Gasteiger partial charge in [0.1, 0.15) is 0 Å². The number of urea groups is 1. The van der Waals surface area contributed by atoms with Crippen LogP contribution >= 0.6 is 0 Å². The van der Waals surface area contributed by atoms with E-state index in [1.165, 1.54) is 0 Å². The number of rotatable bonds is 4. The minimum Gasteiger partial charge on any atom is -0.390 e. The van der Waals surface area contributed by atoms with Gasteiger partial charge in [-0.05, 0) is 23.5 Å². The van der Waals surface area contributed by atoms with Gasteiger partial charge in [0, 0.05) is 13.0 Å². The molecule has 2 unspecified atom stereocenters. The van der Waals surface area contributed by atoms with Crippen LogP contribution in [0.1, 0.15) is 37.4 Å². The van der Waals surface area contributed by atoms with E-state index in [-0.39, 0.29) is 12.1 Å². The van der Waals surface area contributed by atoms with Crippen LogP contribution in [0.3, 0.4) is 0 Å². The molecule has 4 nitrogen and oxygen atoms in total. The molecule has 1 aliphatic carbocycles. The average molecular weight is 262 g/mol. The summed E-state index contributed by atoms with van der Waals surface area (Å²) < 4.78 is 0. The Morgan fingerprint density at radius 1 is 1.42 bits per heavy atom. The second-order valence-corrected chi connectivity index (χ2v) is 5.53. The number of nitrogens with one attached hydrogen (secondary N) is 2. The summed E-state index contributed by atoms with van der Waals surface area (Å²) in [6.45, 7) is 4.90. The first kappa shape index (κ1) is 13.9. The maximum Gasteiger partial charge on any atom is 0.315 e. The summed E-state index contributed by atoms with van der Waals surface area (Å²) in [6.07, 6.45) is 1.03. The lowest BCUT2D eigenvalue weighted by Crippen LogP contribution is -2.41. The van der Waals surface area contributed by atoms with Gasteiger partial charge in [-0.1, -0.05) is 38.1 Å². The van der Waals surface area contributed by atoms with E-state index in [9.17, 15) is 9.90 Å². The van der Waals surface area contributed by atoms with E-state index in [2.05, 4.69) is 24.5 Å². The van der Waals surface area contributed by atoms with Crippen molar-refractivity contribution in [1.29, 1.82) is 0 Å². The van der Waals surface area contributed by atoms with Gasteiger partial charge in [-0.2, -0.15) is 0 Å². The standard InChI is InChI=1S/C15H22N2O2/c1-10(2)7-8-16-15(19)17-14-12-6-4-3-5-11(12)9-13(14)18/h3-6,10,13-14,18H,7-9H2,1-2H3,(H2,16,17,19). The van der Waals surface area contributed by atoms with Gasteiger partial charge in [-0.25, -0.2) is 4.79 Å². The predicted octanol–water partition coefficient (Wildman–Crippen LogP) is 1.99. The number of aliphatic hydroxyl groups excluding tert-OH is 1. The molecule has 19 heavy (non-hydrogen) atoms. The van der Waals surface area contributed by atoms with Crippen molar-refractivity contribution in [2.24, 2.45) is 5.92 Å². The van der Waals surface area contributed by atoms with Crippen molar-refractivity contribution in [2.75, 3.05) is 6.54 Å². The third-order valence-electron chi connectivity index (χ3n) is 3.50. The van der Waals surface area contributed by atoms with Gasteiger partial charge in [-0.3, -0.25) is 0 Å². The maximum atomic E-state index is 11.8. The van der Waals surface area contributed by atoms with Crippen LogP contribution in [0.5, 0.6) is 0 Å². The number of aliphatic hydroxyl groups is 1. The molecule has 0 fully saturated rings. The summed E-state index contributed by atoms with van der Waals surface area (Å²) in [7, 11) is 0. The van der Waals surface area contributed by atoms with E-state index >= 15 is 0 Å². The molecular formula is C15H22N2O2. The Bertz CT molecular complexity index is 446. The van der Waals surface area contributed by atoms with Crippen LogP contribution in [0, 0.1) is 5.92 Å². The first-order valence-corrected chi connectivity index (χ1v) is 6.88. The molecule has 0 saturated carbocycles. The molecule has 0 bridgehead atoms. The van der Waals surface area contributed by atoms with Crippen molar-refractivity contribution < 1.29 is 9.90 Å². The van der Waals surface area contributed by atoms with Gasteiger partial charge in [0.15, 0.2) is 0 Å². The van der Waals surface area contributed by atoms with Gasteiger partial charge in [0.25, 0.3) is 0 Å². The number of carbonyl (C=O) groups is 1. The zero-order valence-corrected chi connectivity index (χ0v) is 11.5. The number of benzene rings is 1. The highest BCUT2D eigenvalue weighted by molar-refractivity contribution is 5.74. The molecular weight excluding hydrogens is 240 g/mol. The van der Waals surface area contributed by atoms with E-state index in [4.69, 9.17) is 0 Å². The van der Waals surface area contributed by atoms with Gasteiger partial charge < -0.3 is 15.7 Å². The molecule has 0 saturated heterocycles. The van der Waals surface area contributed by atoms with Crippen molar-refractivity contribution in [1.82, 2.24) is 10.6 Å². The Balaban J connectivity index is 1.90. The number of fused-ring (bicyclic) bond motifs is 1. The minimum atomic E-state index is -0.534. The summed E-state index contributed by atoms with van der Waals surface area (Å²) in [5.74, 6) is 0.568. The van der Waals surface area contributed by atoms with Gasteiger partial charge in [0.2, 0.25) is 0 Å². The number of hydrogen-bond acceptors (Lipinski definition) is 2.